The van der Waals surface area contributed by atoms with E-state index >= 15 is 0 Å². The fourth-order valence-corrected chi connectivity index (χ4v) is 1.40. The van der Waals surface area contributed by atoms with Gasteiger partial charge in [-0.15, -0.1) is 0 Å². The van der Waals surface area contributed by atoms with Crippen LogP contribution in [-0.2, 0) is 0 Å². The number of fused-ring (bicyclic) bond motifs is 1. The molecule has 4 heteroatoms. The van der Waals surface area contributed by atoms with E-state index in [0.29, 0.717) is 0 Å². The number of aliphatic imine (C=N–C) groups is 1. The number of halogens is 1. The Kier molecular flexibility index (Phi) is 1.88. The van der Waals surface area contributed by atoms with E-state index in [4.69, 9.17) is 0 Å². The van der Waals surface area contributed by atoms with Crippen LogP contribution in [0.3, 0.4) is 0 Å². The molecule has 1 aliphatic heterocycles. The first-order chi connectivity index (χ1) is 6.31. The molecule has 0 bridgehead atoms. The van der Waals surface area contributed by atoms with Gasteiger partial charge in [-0.1, -0.05) is 6.08 Å². The number of rotatable bonds is 1. The van der Waals surface area contributed by atoms with Crippen LogP contribution in [0.15, 0.2) is 40.4 Å². The maximum absolute atomic E-state index is 12.9. The quantitative estimate of drug-likeness (QED) is 0.625. The summed E-state index contributed by atoms with van der Waals surface area (Å²) in [6.45, 7) is 0. The molecule has 13 heavy (non-hydrogen) atoms. The molecule has 0 saturated heterocycles. The lowest BCUT2D eigenvalue weighted by molar-refractivity contribution is 0.654. The molecule has 2 N–H and O–H groups in total. The van der Waals surface area contributed by atoms with Gasteiger partial charge in [-0.3, -0.25) is 4.99 Å². The van der Waals surface area contributed by atoms with Gasteiger partial charge >= 0.3 is 0 Å². The van der Waals surface area contributed by atoms with Crippen molar-refractivity contribution in [1.29, 1.82) is 0 Å². The molecular formula is C9H10FN3. The minimum absolute atomic E-state index is 0.0526. The summed E-state index contributed by atoms with van der Waals surface area (Å²) in [5.74, 6) is 0.567. The lowest BCUT2D eigenvalue weighted by atomic mass is 10.0. The fraction of sp³-hybridized carbons (Fsp3) is 0.222. The molecule has 3 nitrogen and oxygen atoms in total. The monoisotopic (exact) mass is 179 g/mol. The van der Waals surface area contributed by atoms with Gasteiger partial charge in [-0.2, -0.15) is 0 Å². The van der Waals surface area contributed by atoms with Crippen molar-refractivity contribution in [3.63, 3.8) is 0 Å². The van der Waals surface area contributed by atoms with Crippen LogP contribution in [0.4, 0.5) is 4.39 Å². The highest BCUT2D eigenvalue weighted by Crippen LogP contribution is 2.22. The van der Waals surface area contributed by atoms with Crippen LogP contribution in [0.2, 0.25) is 0 Å². The first-order valence-electron chi connectivity index (χ1n) is 4.07. The minimum atomic E-state index is -0.238. The van der Waals surface area contributed by atoms with Crippen LogP contribution in [0.5, 0.6) is 0 Å². The van der Waals surface area contributed by atoms with Crippen LogP contribution in [-0.4, -0.2) is 19.4 Å². The normalized spacial score (nSPS) is 25.1. The standard InChI is InChI=1S/C9H10FN3/c1-11-9-7-4-6(10)2-3-8(7)12-5-13-9/h2-5,8,11H,1H3,(H,12,13). The molecular weight excluding hydrogens is 169 g/mol. The van der Waals surface area contributed by atoms with Gasteiger partial charge in [0.25, 0.3) is 0 Å². The zero-order chi connectivity index (χ0) is 9.26. The molecule has 0 aromatic carbocycles. The van der Waals surface area contributed by atoms with Crippen molar-refractivity contribution in [3.8, 4) is 0 Å². The van der Waals surface area contributed by atoms with Crippen molar-refractivity contribution in [2.24, 2.45) is 4.99 Å². The fourth-order valence-electron chi connectivity index (χ4n) is 1.40. The Balaban J connectivity index is 2.40. The van der Waals surface area contributed by atoms with Crippen LogP contribution >= 0.6 is 0 Å². The van der Waals surface area contributed by atoms with Gasteiger partial charge in [-0.25, -0.2) is 4.39 Å². The third-order valence-electron chi connectivity index (χ3n) is 2.03. The molecule has 0 spiro atoms. The first-order valence-corrected chi connectivity index (χ1v) is 4.07. The number of nitrogens with zero attached hydrogens (tertiary/aromatic N) is 1. The molecule has 0 radical (unpaired) electrons. The molecule has 2 aliphatic rings. The second kappa shape index (κ2) is 3.05. The summed E-state index contributed by atoms with van der Waals surface area (Å²) < 4.78 is 12.9. The van der Waals surface area contributed by atoms with Crippen molar-refractivity contribution >= 4 is 6.34 Å². The van der Waals surface area contributed by atoms with E-state index in [0.717, 1.165) is 11.4 Å². The molecule has 0 amide bonds. The smallest absolute Gasteiger partial charge is 0.123 e. The summed E-state index contributed by atoms with van der Waals surface area (Å²) >= 11 is 0. The summed E-state index contributed by atoms with van der Waals surface area (Å²) in [5.41, 5.74) is 0.838. The van der Waals surface area contributed by atoms with Crippen LogP contribution in [0.1, 0.15) is 0 Å². The van der Waals surface area contributed by atoms with Gasteiger partial charge in [0.2, 0.25) is 0 Å². The van der Waals surface area contributed by atoms with Crippen LogP contribution in [0.25, 0.3) is 0 Å². The molecule has 0 aromatic rings. The van der Waals surface area contributed by atoms with Gasteiger partial charge in [0.05, 0.1) is 12.4 Å². The SMILES string of the molecule is CNC1=C2C=C(F)C=CC2N=CN1. The van der Waals surface area contributed by atoms with Crippen molar-refractivity contribution in [1.82, 2.24) is 10.6 Å². The van der Waals surface area contributed by atoms with Crippen LogP contribution < -0.4 is 10.6 Å². The van der Waals surface area contributed by atoms with E-state index in [9.17, 15) is 4.39 Å². The largest absolute Gasteiger partial charge is 0.374 e. The topological polar surface area (TPSA) is 36.4 Å². The second-order valence-corrected chi connectivity index (χ2v) is 2.84. The lowest BCUT2D eigenvalue weighted by Crippen LogP contribution is -2.31. The third kappa shape index (κ3) is 1.35. The summed E-state index contributed by atoms with van der Waals surface area (Å²) in [7, 11) is 1.79. The van der Waals surface area contributed by atoms with Crippen molar-refractivity contribution < 1.29 is 4.39 Å². The van der Waals surface area contributed by atoms with E-state index < -0.39 is 0 Å². The van der Waals surface area contributed by atoms with Crippen molar-refractivity contribution in [2.75, 3.05) is 7.05 Å². The van der Waals surface area contributed by atoms with Crippen LogP contribution in [0, 0.1) is 0 Å². The zero-order valence-corrected chi connectivity index (χ0v) is 7.21. The lowest BCUT2D eigenvalue weighted by Gasteiger charge is -2.22. The average Bonchev–Trinajstić information content (AvgIpc) is 2.17. The Labute approximate surface area is 75.7 Å². The Bertz CT molecular complexity index is 339. The number of nitrogens with one attached hydrogen (secondary N) is 2. The molecule has 1 unspecified atom stereocenters. The van der Waals surface area contributed by atoms with E-state index in [-0.39, 0.29) is 11.9 Å². The van der Waals surface area contributed by atoms with Crippen molar-refractivity contribution in [3.05, 3.63) is 35.4 Å². The molecule has 1 atom stereocenters. The molecule has 68 valence electrons. The molecule has 1 heterocycles. The molecule has 0 fully saturated rings. The average molecular weight is 179 g/mol. The molecule has 2 rings (SSSR count). The maximum Gasteiger partial charge on any atom is 0.123 e. The van der Waals surface area contributed by atoms with E-state index in [1.807, 2.05) is 0 Å². The Morgan fingerprint density at radius 1 is 1.62 bits per heavy atom. The third-order valence-corrected chi connectivity index (χ3v) is 2.03. The molecule has 0 aromatic heterocycles. The molecule has 0 saturated carbocycles. The predicted octanol–water partition coefficient (Wildman–Crippen LogP) is 0.841. The van der Waals surface area contributed by atoms with Crippen molar-refractivity contribution in [2.45, 2.75) is 6.04 Å². The Morgan fingerprint density at radius 2 is 2.46 bits per heavy atom. The van der Waals surface area contributed by atoms with Gasteiger partial charge in [0, 0.05) is 12.6 Å². The Hall–Kier alpha value is -1.58. The van der Waals surface area contributed by atoms with Gasteiger partial charge < -0.3 is 10.6 Å². The second-order valence-electron chi connectivity index (χ2n) is 2.84. The summed E-state index contributed by atoms with van der Waals surface area (Å²) in [6, 6.07) is -0.0526. The van der Waals surface area contributed by atoms with E-state index in [1.54, 1.807) is 19.5 Å². The van der Waals surface area contributed by atoms with Gasteiger partial charge in [-0.05, 0) is 12.2 Å². The van der Waals surface area contributed by atoms with E-state index in [1.165, 1.54) is 12.2 Å². The Morgan fingerprint density at radius 3 is 3.23 bits per heavy atom. The minimum Gasteiger partial charge on any atom is -0.374 e. The number of hydrogen-bond acceptors (Lipinski definition) is 3. The molecule has 1 aliphatic carbocycles. The number of allylic oxidation sites excluding steroid dienone is 2. The van der Waals surface area contributed by atoms with Gasteiger partial charge in [0.15, 0.2) is 0 Å². The summed E-state index contributed by atoms with van der Waals surface area (Å²) in [6.07, 6.45) is 6.27. The first kappa shape index (κ1) is 8.04. The zero-order valence-electron chi connectivity index (χ0n) is 7.21. The van der Waals surface area contributed by atoms with E-state index in [2.05, 4.69) is 15.6 Å². The van der Waals surface area contributed by atoms with Gasteiger partial charge in [0.1, 0.15) is 11.6 Å². The highest BCUT2D eigenvalue weighted by Gasteiger charge is 2.19. The maximum atomic E-state index is 12.9. The predicted molar refractivity (Wildman–Crippen MR) is 49.8 cm³/mol. The summed E-state index contributed by atoms with van der Waals surface area (Å²) in [5, 5.41) is 5.88. The highest BCUT2D eigenvalue weighted by molar-refractivity contribution is 5.63. The summed E-state index contributed by atoms with van der Waals surface area (Å²) in [4.78, 5) is 4.15. The highest BCUT2D eigenvalue weighted by atomic mass is 19.1. The number of hydrogen-bond donors (Lipinski definition) is 2.